The fourth-order valence-corrected chi connectivity index (χ4v) is 2.37. The number of carbonyl (C=O) groups excluding carboxylic acids is 1. The Morgan fingerprint density at radius 2 is 2.18 bits per heavy atom. The van der Waals surface area contributed by atoms with E-state index in [1.165, 1.54) is 11.3 Å². The third kappa shape index (κ3) is 4.88. The molecule has 0 aliphatic carbocycles. The zero-order valence-corrected chi connectivity index (χ0v) is 11.9. The summed E-state index contributed by atoms with van der Waals surface area (Å²) in [5.74, 6) is 0.677. The van der Waals surface area contributed by atoms with Crippen LogP contribution in [0.2, 0.25) is 0 Å². The molecule has 96 valence electrons. The van der Waals surface area contributed by atoms with Gasteiger partial charge in [-0.25, -0.2) is 0 Å². The Balaban J connectivity index is 2.44. The molecule has 1 aromatic heterocycles. The molecule has 1 amide bonds. The Bertz CT molecular complexity index is 333. The van der Waals surface area contributed by atoms with Gasteiger partial charge in [0.2, 0.25) is 0 Å². The molecule has 0 fully saturated rings. The summed E-state index contributed by atoms with van der Waals surface area (Å²) in [6.45, 7) is 5.12. The lowest BCUT2D eigenvalue weighted by atomic mass is 10.0. The molecule has 0 spiro atoms. The Kier molecular flexibility index (Phi) is 5.65. The van der Waals surface area contributed by atoms with Crippen LogP contribution in [-0.4, -0.2) is 37.5 Å². The van der Waals surface area contributed by atoms with Crippen LogP contribution in [0.25, 0.3) is 0 Å². The lowest BCUT2D eigenvalue weighted by Gasteiger charge is -2.26. The number of nitrogens with one attached hydrogen (secondary N) is 1. The molecule has 0 bridgehead atoms. The fourth-order valence-electron chi connectivity index (χ4n) is 1.73. The van der Waals surface area contributed by atoms with Gasteiger partial charge in [0.05, 0.1) is 4.88 Å². The maximum atomic E-state index is 11.8. The SMILES string of the molecule is CC(C)CC(CNC(=O)c1cccs1)N(C)C. The molecule has 1 atom stereocenters. The van der Waals surface area contributed by atoms with Crippen LogP contribution < -0.4 is 5.32 Å². The third-order valence-corrected chi connectivity index (χ3v) is 3.59. The van der Waals surface area contributed by atoms with Crippen LogP contribution in [-0.2, 0) is 0 Å². The van der Waals surface area contributed by atoms with Crippen LogP contribution in [0.15, 0.2) is 17.5 Å². The normalized spacial score (nSPS) is 13.1. The minimum Gasteiger partial charge on any atom is -0.350 e. The number of hydrogen-bond donors (Lipinski definition) is 1. The van der Waals surface area contributed by atoms with E-state index in [9.17, 15) is 4.79 Å². The first-order valence-corrected chi connectivity index (χ1v) is 6.86. The lowest BCUT2D eigenvalue weighted by molar-refractivity contribution is 0.0942. The predicted octanol–water partition coefficient (Wildman–Crippen LogP) is 2.45. The Labute approximate surface area is 108 Å². The molecule has 1 N–H and O–H groups in total. The number of nitrogens with zero attached hydrogens (tertiary/aromatic N) is 1. The smallest absolute Gasteiger partial charge is 0.261 e. The van der Waals surface area contributed by atoms with Gasteiger partial charge in [-0.15, -0.1) is 11.3 Å². The first-order chi connectivity index (χ1) is 8.00. The van der Waals surface area contributed by atoms with Crippen LogP contribution in [0.3, 0.4) is 0 Å². The average molecular weight is 254 g/mol. The highest BCUT2D eigenvalue weighted by atomic mass is 32.1. The molecule has 0 radical (unpaired) electrons. The zero-order valence-electron chi connectivity index (χ0n) is 11.1. The summed E-state index contributed by atoms with van der Waals surface area (Å²) in [7, 11) is 4.12. The highest BCUT2D eigenvalue weighted by Gasteiger charge is 2.15. The van der Waals surface area contributed by atoms with E-state index in [2.05, 4.69) is 38.2 Å². The van der Waals surface area contributed by atoms with E-state index < -0.39 is 0 Å². The summed E-state index contributed by atoms with van der Waals surface area (Å²) in [5.41, 5.74) is 0. The summed E-state index contributed by atoms with van der Waals surface area (Å²) in [5, 5.41) is 4.92. The molecule has 1 aromatic rings. The number of amides is 1. The van der Waals surface area contributed by atoms with Gasteiger partial charge in [0, 0.05) is 12.6 Å². The second kappa shape index (κ2) is 6.77. The van der Waals surface area contributed by atoms with Gasteiger partial charge >= 0.3 is 0 Å². The summed E-state index contributed by atoms with van der Waals surface area (Å²) >= 11 is 1.48. The van der Waals surface area contributed by atoms with Crippen molar-refractivity contribution in [2.75, 3.05) is 20.6 Å². The van der Waals surface area contributed by atoms with Crippen molar-refractivity contribution in [1.82, 2.24) is 10.2 Å². The minimum atomic E-state index is 0.0376. The Morgan fingerprint density at radius 3 is 2.65 bits per heavy atom. The summed E-state index contributed by atoms with van der Waals surface area (Å²) in [4.78, 5) is 14.8. The second-order valence-corrected chi connectivity index (χ2v) is 5.88. The van der Waals surface area contributed by atoms with E-state index in [1.54, 1.807) is 0 Å². The van der Waals surface area contributed by atoms with E-state index in [4.69, 9.17) is 0 Å². The second-order valence-electron chi connectivity index (χ2n) is 4.93. The highest BCUT2D eigenvalue weighted by Crippen LogP contribution is 2.10. The van der Waals surface area contributed by atoms with Gasteiger partial charge in [-0.1, -0.05) is 19.9 Å². The van der Waals surface area contributed by atoms with Crippen LogP contribution in [0.5, 0.6) is 0 Å². The van der Waals surface area contributed by atoms with Gasteiger partial charge in [0.25, 0.3) is 5.91 Å². The van der Waals surface area contributed by atoms with E-state index in [-0.39, 0.29) is 5.91 Å². The van der Waals surface area contributed by atoms with Crippen LogP contribution in [0, 0.1) is 5.92 Å². The van der Waals surface area contributed by atoms with Crippen LogP contribution in [0.4, 0.5) is 0 Å². The fraction of sp³-hybridized carbons (Fsp3) is 0.615. The van der Waals surface area contributed by atoms with Gasteiger partial charge in [0.15, 0.2) is 0 Å². The summed E-state index contributed by atoms with van der Waals surface area (Å²) in [6.07, 6.45) is 1.09. The van der Waals surface area contributed by atoms with Gasteiger partial charge in [-0.2, -0.15) is 0 Å². The molecule has 1 rings (SSSR count). The molecular formula is C13H22N2OS. The van der Waals surface area contributed by atoms with Gasteiger partial charge in [-0.3, -0.25) is 4.79 Å². The Hall–Kier alpha value is -0.870. The number of rotatable bonds is 6. The quantitative estimate of drug-likeness (QED) is 0.845. The van der Waals surface area contributed by atoms with Crippen LogP contribution in [0.1, 0.15) is 29.9 Å². The van der Waals surface area contributed by atoms with Gasteiger partial charge < -0.3 is 10.2 Å². The number of likely N-dealkylation sites (N-methyl/N-ethyl adjacent to an activating group) is 1. The van der Waals surface area contributed by atoms with Gasteiger partial charge in [-0.05, 0) is 37.9 Å². The number of carbonyl (C=O) groups is 1. The Morgan fingerprint density at radius 1 is 1.47 bits per heavy atom. The topological polar surface area (TPSA) is 32.3 Å². The van der Waals surface area contributed by atoms with Crippen molar-refractivity contribution in [2.24, 2.45) is 5.92 Å². The minimum absolute atomic E-state index is 0.0376. The van der Waals surface area contributed by atoms with Crippen molar-refractivity contribution in [3.8, 4) is 0 Å². The number of hydrogen-bond acceptors (Lipinski definition) is 3. The molecule has 0 aliphatic rings. The van der Waals surface area contributed by atoms with Crippen molar-refractivity contribution in [3.05, 3.63) is 22.4 Å². The van der Waals surface area contributed by atoms with Crippen molar-refractivity contribution >= 4 is 17.2 Å². The summed E-state index contributed by atoms with van der Waals surface area (Å²) < 4.78 is 0. The van der Waals surface area contributed by atoms with E-state index in [1.807, 2.05) is 17.5 Å². The maximum absolute atomic E-state index is 11.8. The van der Waals surface area contributed by atoms with Crippen molar-refractivity contribution < 1.29 is 4.79 Å². The van der Waals surface area contributed by atoms with Crippen molar-refractivity contribution in [2.45, 2.75) is 26.3 Å². The van der Waals surface area contributed by atoms with E-state index in [0.717, 1.165) is 11.3 Å². The molecule has 3 nitrogen and oxygen atoms in total. The molecule has 1 heterocycles. The van der Waals surface area contributed by atoms with Gasteiger partial charge in [0.1, 0.15) is 0 Å². The predicted molar refractivity (Wildman–Crippen MR) is 73.6 cm³/mol. The molecular weight excluding hydrogens is 232 g/mol. The van der Waals surface area contributed by atoms with Crippen LogP contribution >= 0.6 is 11.3 Å². The average Bonchev–Trinajstić information content (AvgIpc) is 2.76. The first kappa shape index (κ1) is 14.2. The standard InChI is InChI=1S/C13H22N2OS/c1-10(2)8-11(15(3)4)9-14-13(16)12-6-5-7-17-12/h5-7,10-11H,8-9H2,1-4H3,(H,14,16). The first-order valence-electron chi connectivity index (χ1n) is 5.98. The molecule has 0 aromatic carbocycles. The van der Waals surface area contributed by atoms with E-state index >= 15 is 0 Å². The molecule has 0 saturated carbocycles. The molecule has 0 aliphatic heterocycles. The monoisotopic (exact) mass is 254 g/mol. The molecule has 17 heavy (non-hydrogen) atoms. The van der Waals surface area contributed by atoms with E-state index in [0.29, 0.717) is 18.5 Å². The maximum Gasteiger partial charge on any atom is 0.261 e. The largest absolute Gasteiger partial charge is 0.350 e. The molecule has 4 heteroatoms. The zero-order chi connectivity index (χ0) is 12.8. The summed E-state index contributed by atoms with van der Waals surface area (Å²) in [6, 6.07) is 4.16. The van der Waals surface area contributed by atoms with Crippen molar-refractivity contribution in [3.63, 3.8) is 0 Å². The number of thiophene rings is 1. The highest BCUT2D eigenvalue weighted by molar-refractivity contribution is 7.12. The lowest BCUT2D eigenvalue weighted by Crippen LogP contribution is -2.40. The van der Waals surface area contributed by atoms with Crippen molar-refractivity contribution in [1.29, 1.82) is 0 Å². The third-order valence-electron chi connectivity index (χ3n) is 2.72. The molecule has 1 unspecified atom stereocenters. The molecule has 0 saturated heterocycles.